The molecule has 0 aliphatic rings. The van der Waals surface area contributed by atoms with Crippen LogP contribution < -0.4 is 29.6 Å². The zero-order chi connectivity index (χ0) is 3.58. The van der Waals surface area contributed by atoms with Crippen LogP contribution in [-0.2, 0) is 4.57 Å². The fraction of sp³-hybridized carbons (Fsp3) is 0. The number of rotatable bonds is 0. The van der Waals surface area contributed by atoms with Gasteiger partial charge >= 0.3 is 86.7 Å². The van der Waals surface area contributed by atoms with Gasteiger partial charge in [-0.1, -0.05) is 0 Å². The van der Waals surface area contributed by atoms with Gasteiger partial charge in [0.15, 0.2) is 0 Å². The van der Waals surface area contributed by atoms with E-state index in [0.29, 0.717) is 0 Å². The molecule has 0 aromatic carbocycles. The van der Waals surface area contributed by atoms with E-state index in [1.807, 2.05) is 0 Å². The van der Waals surface area contributed by atoms with Crippen LogP contribution in [0, 0.1) is 0 Å². The van der Waals surface area contributed by atoms with E-state index in [1.165, 1.54) is 0 Å². The molecule has 6 nitrogen and oxygen atoms in total. The summed E-state index contributed by atoms with van der Waals surface area (Å²) in [5, 5.41) is 0. The van der Waals surface area contributed by atoms with Crippen LogP contribution in [0.25, 0.3) is 0 Å². The molecule has 0 atom stereocenters. The van der Waals surface area contributed by atoms with Gasteiger partial charge < -0.3 is 26.2 Å². The molecular weight excluding hydrogens is 287 g/mol. The molecule has 0 bridgehead atoms. The molecule has 0 fully saturated rings. The van der Waals surface area contributed by atoms with E-state index in [1.54, 1.807) is 0 Å². The SMILES string of the molecule is O=[PH](O)O.[Ba+2].[Na+].[OH-].[OH-].[OH-]. The molecule has 0 rings (SSSR count). The van der Waals surface area contributed by atoms with Crippen molar-refractivity contribution in [2.75, 3.05) is 0 Å². The van der Waals surface area contributed by atoms with Gasteiger partial charge in [-0.15, -0.1) is 0 Å². The Labute approximate surface area is 115 Å². The van der Waals surface area contributed by atoms with E-state index in [9.17, 15) is 0 Å². The van der Waals surface area contributed by atoms with Crippen molar-refractivity contribution in [2.24, 2.45) is 0 Å². The van der Waals surface area contributed by atoms with Crippen LogP contribution in [0.5, 0.6) is 0 Å². The van der Waals surface area contributed by atoms with Crippen LogP contribution in [0.2, 0.25) is 0 Å². The van der Waals surface area contributed by atoms with Crippen molar-refractivity contribution in [3.05, 3.63) is 0 Å². The Balaban J connectivity index is -0.00000000450. The zero-order valence-electron chi connectivity index (χ0n) is 4.85. The Morgan fingerprint density at radius 2 is 1.00 bits per heavy atom. The molecule has 0 aromatic heterocycles. The largest absolute Gasteiger partial charge is 2.00 e. The van der Waals surface area contributed by atoms with Crippen molar-refractivity contribution in [3.63, 3.8) is 0 Å². The molecule has 0 aliphatic heterocycles. The first kappa shape index (κ1) is 41.6. The second-order valence-corrected chi connectivity index (χ2v) is 0.848. The number of hydrogen-bond acceptors (Lipinski definition) is 4. The van der Waals surface area contributed by atoms with Crippen molar-refractivity contribution in [1.82, 2.24) is 0 Å². The number of hydrogen-bond donors (Lipinski definition) is 2. The minimum atomic E-state index is -3.13. The van der Waals surface area contributed by atoms with Crippen molar-refractivity contribution in [3.8, 4) is 0 Å². The van der Waals surface area contributed by atoms with Crippen LogP contribution >= 0.6 is 8.25 Å². The maximum atomic E-state index is 8.74. The van der Waals surface area contributed by atoms with Gasteiger partial charge in [-0.05, 0) is 0 Å². The predicted molar refractivity (Wildman–Crippen MR) is 25.0 cm³/mol. The van der Waals surface area contributed by atoms with Gasteiger partial charge in [0.05, 0.1) is 0 Å². The standard InChI is InChI=1S/Ba.Na.H3O3P.3H2O/c;;1-4(2)3;;;/h;;4H,(H2,1,2,3);3*1H2/q+2;+1;;;;/p-3. The second kappa shape index (κ2) is 31.1. The maximum Gasteiger partial charge on any atom is 2.00 e. The van der Waals surface area contributed by atoms with Gasteiger partial charge in [0, 0.05) is 0 Å². The molecule has 0 aromatic rings. The van der Waals surface area contributed by atoms with Crippen LogP contribution in [0.1, 0.15) is 0 Å². The molecule has 0 amide bonds. The molecule has 0 heterocycles. The van der Waals surface area contributed by atoms with Crippen LogP contribution in [0.3, 0.4) is 0 Å². The van der Waals surface area contributed by atoms with E-state index >= 15 is 0 Å². The summed E-state index contributed by atoms with van der Waals surface area (Å²) in [5.74, 6) is 0. The Hall–Kier alpha value is 2.60. The van der Waals surface area contributed by atoms with Crippen molar-refractivity contribution < 1.29 is 60.3 Å². The fourth-order valence-electron chi connectivity index (χ4n) is 0. The Kier molecular flexibility index (Phi) is 144. The van der Waals surface area contributed by atoms with Crippen LogP contribution in [0.4, 0.5) is 0 Å². The van der Waals surface area contributed by atoms with Crippen molar-refractivity contribution in [2.45, 2.75) is 0 Å². The zero-order valence-corrected chi connectivity index (χ0v) is 12.3. The van der Waals surface area contributed by atoms with E-state index in [2.05, 4.69) is 0 Å². The minimum Gasteiger partial charge on any atom is -0.870 e. The molecule has 9 heavy (non-hydrogen) atoms. The first-order valence-electron chi connectivity index (χ1n) is 0.651. The third kappa shape index (κ3) is 116. The summed E-state index contributed by atoms with van der Waals surface area (Å²) in [7, 11) is -3.13. The van der Waals surface area contributed by atoms with Crippen molar-refractivity contribution >= 4 is 57.1 Å². The molecule has 0 saturated carbocycles. The average Bonchev–Trinajstić information content (AvgIpc) is 0.811. The summed E-state index contributed by atoms with van der Waals surface area (Å²) < 4.78 is 8.74. The van der Waals surface area contributed by atoms with Gasteiger partial charge in [-0.25, -0.2) is 0 Å². The molecule has 0 spiro atoms. The summed E-state index contributed by atoms with van der Waals surface area (Å²) in [6.07, 6.45) is 0. The van der Waals surface area contributed by atoms with Crippen LogP contribution in [0.15, 0.2) is 0 Å². The first-order valence-corrected chi connectivity index (χ1v) is 1.95. The minimum absolute atomic E-state index is 0. The monoisotopic (exact) mass is 294 g/mol. The fourth-order valence-corrected chi connectivity index (χ4v) is 0. The van der Waals surface area contributed by atoms with Crippen LogP contribution in [-0.4, -0.2) is 75.1 Å². The van der Waals surface area contributed by atoms with Gasteiger partial charge in [0.1, 0.15) is 0 Å². The van der Waals surface area contributed by atoms with E-state index in [0.717, 1.165) is 0 Å². The van der Waals surface area contributed by atoms with E-state index < -0.39 is 8.25 Å². The third-order valence-corrected chi connectivity index (χ3v) is 0. The Bertz CT molecular complexity index is 36.0. The normalized spacial score (nSPS) is 3.89. The van der Waals surface area contributed by atoms with Gasteiger partial charge in [-0.2, -0.15) is 0 Å². The second-order valence-electron chi connectivity index (χ2n) is 0.283. The molecule has 0 aliphatic carbocycles. The Morgan fingerprint density at radius 3 is 1.00 bits per heavy atom. The quantitative estimate of drug-likeness (QED) is 0.339. The molecule has 50 valence electrons. The third-order valence-electron chi connectivity index (χ3n) is 0. The topological polar surface area (TPSA) is 148 Å². The molecule has 0 radical (unpaired) electrons. The Morgan fingerprint density at radius 1 is 1.00 bits per heavy atom. The van der Waals surface area contributed by atoms with Gasteiger partial charge in [0.25, 0.3) is 0 Å². The molecule has 9 heteroatoms. The molecule has 0 saturated heterocycles. The molecular formula is H6BaNaO6P. The predicted octanol–water partition coefficient (Wildman–Crippen LogP) is -4.55. The summed E-state index contributed by atoms with van der Waals surface area (Å²) >= 11 is 0. The maximum absolute atomic E-state index is 8.74. The summed E-state index contributed by atoms with van der Waals surface area (Å²) in [6, 6.07) is 0. The molecule has 5 N–H and O–H groups in total. The average molecular weight is 293 g/mol. The first-order chi connectivity index (χ1) is 1.73. The van der Waals surface area contributed by atoms with E-state index in [-0.39, 0.29) is 94.9 Å². The van der Waals surface area contributed by atoms with Gasteiger partial charge in [-0.3, -0.25) is 4.57 Å². The van der Waals surface area contributed by atoms with Crippen molar-refractivity contribution in [1.29, 1.82) is 0 Å². The van der Waals surface area contributed by atoms with E-state index in [4.69, 9.17) is 14.4 Å². The van der Waals surface area contributed by atoms with Gasteiger partial charge in [0.2, 0.25) is 0 Å². The molecule has 0 unspecified atom stereocenters. The smallest absolute Gasteiger partial charge is 0.870 e. The summed E-state index contributed by atoms with van der Waals surface area (Å²) in [6.45, 7) is 0. The summed E-state index contributed by atoms with van der Waals surface area (Å²) in [4.78, 5) is 14.3. The summed E-state index contributed by atoms with van der Waals surface area (Å²) in [5.41, 5.74) is 0.